The summed E-state index contributed by atoms with van der Waals surface area (Å²) in [5.74, 6) is 0.764. The molecule has 160 valence electrons. The van der Waals surface area contributed by atoms with Crippen LogP contribution < -0.4 is 4.72 Å². The third-order valence-corrected chi connectivity index (χ3v) is 7.28. The van der Waals surface area contributed by atoms with Gasteiger partial charge in [0.05, 0.1) is 11.9 Å². The summed E-state index contributed by atoms with van der Waals surface area (Å²) < 4.78 is 44.4. The van der Waals surface area contributed by atoms with E-state index < -0.39 is 10.0 Å². The van der Waals surface area contributed by atoms with Crippen LogP contribution in [0.2, 0.25) is 0 Å². The molecule has 1 saturated carbocycles. The van der Waals surface area contributed by atoms with Gasteiger partial charge in [-0.05, 0) is 88.7 Å². The van der Waals surface area contributed by atoms with Crippen molar-refractivity contribution in [2.75, 3.05) is 25.9 Å². The van der Waals surface area contributed by atoms with Crippen molar-refractivity contribution < 1.29 is 17.3 Å². The normalized spacial score (nSPS) is 24.9. The van der Waals surface area contributed by atoms with Crippen LogP contribution in [0.25, 0.3) is 11.0 Å². The predicted octanol–water partition coefficient (Wildman–Crippen LogP) is 3.64. The van der Waals surface area contributed by atoms with Crippen LogP contribution in [-0.4, -0.2) is 50.4 Å². The van der Waals surface area contributed by atoms with Crippen LogP contribution in [0.5, 0.6) is 0 Å². The zero-order valence-corrected chi connectivity index (χ0v) is 17.8. The lowest BCUT2D eigenvalue weighted by Gasteiger charge is -2.34. The molecule has 1 aliphatic carbocycles. The summed E-state index contributed by atoms with van der Waals surface area (Å²) in [6.07, 6.45) is 8.52. The Morgan fingerprint density at radius 1 is 1.17 bits per heavy atom. The average Bonchev–Trinajstić information content (AvgIpc) is 3.10. The van der Waals surface area contributed by atoms with Gasteiger partial charge in [-0.1, -0.05) is 5.16 Å². The van der Waals surface area contributed by atoms with Crippen molar-refractivity contribution in [2.24, 2.45) is 5.92 Å². The number of benzene rings is 1. The van der Waals surface area contributed by atoms with E-state index in [-0.39, 0.29) is 11.9 Å². The van der Waals surface area contributed by atoms with Crippen molar-refractivity contribution in [3.05, 3.63) is 29.7 Å². The Balaban J connectivity index is 1.22. The van der Waals surface area contributed by atoms with Gasteiger partial charge in [-0.25, -0.2) is 17.5 Å². The molecule has 29 heavy (non-hydrogen) atoms. The number of hydrogen-bond acceptors (Lipinski definition) is 5. The Labute approximate surface area is 171 Å². The molecule has 1 N–H and O–H groups in total. The van der Waals surface area contributed by atoms with Crippen molar-refractivity contribution in [2.45, 2.75) is 56.9 Å². The topological polar surface area (TPSA) is 75.4 Å². The number of hydrogen-bond donors (Lipinski definition) is 1. The molecule has 2 aliphatic rings. The summed E-state index contributed by atoms with van der Waals surface area (Å²) in [6, 6.07) is 4.70. The highest BCUT2D eigenvalue weighted by molar-refractivity contribution is 7.88. The maximum absolute atomic E-state index is 13.6. The van der Waals surface area contributed by atoms with Crippen LogP contribution in [0.1, 0.15) is 56.6 Å². The lowest BCUT2D eigenvalue weighted by molar-refractivity contribution is 0.183. The molecule has 1 aromatic carbocycles. The summed E-state index contributed by atoms with van der Waals surface area (Å²) >= 11 is 0. The van der Waals surface area contributed by atoms with Crippen LogP contribution in [0, 0.1) is 11.7 Å². The SMILES string of the molecule is CS(=O)(=O)N[C@H]1CC[C@H](CCN2CCC(c3noc4ccc(F)cc34)CC2)CC1. The van der Waals surface area contributed by atoms with Crippen LogP contribution in [0.3, 0.4) is 0 Å². The number of nitrogens with one attached hydrogen (secondary N) is 1. The number of piperidine rings is 1. The molecule has 8 heteroatoms. The molecule has 4 rings (SSSR count). The Bertz CT molecular complexity index is 930. The van der Waals surface area contributed by atoms with Crippen LogP contribution in [0.4, 0.5) is 4.39 Å². The van der Waals surface area contributed by atoms with Gasteiger partial charge < -0.3 is 9.42 Å². The van der Waals surface area contributed by atoms with Gasteiger partial charge in [-0.15, -0.1) is 0 Å². The zero-order valence-electron chi connectivity index (χ0n) is 16.9. The second-order valence-corrected chi connectivity index (χ2v) is 10.5. The fourth-order valence-electron chi connectivity index (χ4n) is 4.89. The van der Waals surface area contributed by atoms with E-state index in [2.05, 4.69) is 14.8 Å². The fourth-order valence-corrected chi connectivity index (χ4v) is 5.73. The van der Waals surface area contributed by atoms with Crippen molar-refractivity contribution in [1.82, 2.24) is 14.8 Å². The van der Waals surface area contributed by atoms with Gasteiger partial charge in [0.25, 0.3) is 0 Å². The number of rotatable bonds is 6. The molecular weight excluding hydrogens is 393 g/mol. The van der Waals surface area contributed by atoms with E-state index in [9.17, 15) is 12.8 Å². The Hall–Kier alpha value is -1.51. The molecule has 2 heterocycles. The summed E-state index contributed by atoms with van der Waals surface area (Å²) in [5, 5.41) is 5.04. The molecular formula is C21H30FN3O3S. The third kappa shape index (κ3) is 5.35. The first-order valence-corrected chi connectivity index (χ1v) is 12.5. The van der Waals surface area contributed by atoms with Gasteiger partial charge in [0.15, 0.2) is 5.58 Å². The largest absolute Gasteiger partial charge is 0.356 e. The maximum Gasteiger partial charge on any atom is 0.208 e. The number of aromatic nitrogens is 1. The number of nitrogens with zero attached hydrogens (tertiary/aromatic N) is 2. The second-order valence-electron chi connectivity index (χ2n) is 8.72. The summed E-state index contributed by atoms with van der Waals surface area (Å²) in [5.41, 5.74) is 1.56. The van der Waals surface area contributed by atoms with Gasteiger partial charge in [0.1, 0.15) is 5.82 Å². The van der Waals surface area contributed by atoms with Crippen molar-refractivity contribution >= 4 is 21.0 Å². The number of fused-ring (bicyclic) bond motifs is 1. The molecule has 0 radical (unpaired) electrons. The summed E-state index contributed by atoms with van der Waals surface area (Å²) in [6.45, 7) is 3.15. The molecule has 2 aromatic rings. The van der Waals surface area contributed by atoms with E-state index in [0.717, 1.165) is 69.2 Å². The minimum Gasteiger partial charge on any atom is -0.356 e. The van der Waals surface area contributed by atoms with Crippen molar-refractivity contribution in [3.63, 3.8) is 0 Å². The number of likely N-dealkylation sites (tertiary alicyclic amines) is 1. The first kappa shape index (κ1) is 20.8. The Kier molecular flexibility index (Phi) is 6.22. The first-order chi connectivity index (χ1) is 13.9. The van der Waals surface area contributed by atoms with Gasteiger partial charge in [-0.2, -0.15) is 0 Å². The monoisotopic (exact) mass is 423 g/mol. The lowest BCUT2D eigenvalue weighted by atomic mass is 9.84. The minimum atomic E-state index is -3.10. The molecule has 1 saturated heterocycles. The van der Waals surface area contributed by atoms with E-state index in [1.807, 2.05) is 0 Å². The van der Waals surface area contributed by atoms with Gasteiger partial charge in [-0.3, -0.25) is 0 Å². The van der Waals surface area contributed by atoms with Crippen LogP contribution >= 0.6 is 0 Å². The van der Waals surface area contributed by atoms with Gasteiger partial charge in [0, 0.05) is 17.3 Å². The molecule has 1 aromatic heterocycles. The zero-order chi connectivity index (χ0) is 20.4. The maximum atomic E-state index is 13.6. The van der Waals surface area contributed by atoms with E-state index in [4.69, 9.17) is 4.52 Å². The standard InChI is InChI=1S/C21H30FN3O3S/c1-29(26,27)24-18-5-2-15(3-6-18)8-11-25-12-9-16(10-13-25)21-19-14-17(22)4-7-20(19)28-23-21/h4,7,14-16,18,24H,2-3,5-6,8-13H2,1H3/t15-,18-. The molecule has 0 atom stereocenters. The fraction of sp³-hybridized carbons (Fsp3) is 0.667. The second kappa shape index (κ2) is 8.70. The Morgan fingerprint density at radius 3 is 2.59 bits per heavy atom. The van der Waals surface area contributed by atoms with E-state index >= 15 is 0 Å². The number of halogens is 1. The van der Waals surface area contributed by atoms with Crippen molar-refractivity contribution in [3.8, 4) is 0 Å². The lowest BCUT2D eigenvalue weighted by Crippen LogP contribution is -2.38. The quantitative estimate of drug-likeness (QED) is 0.768. The highest BCUT2D eigenvalue weighted by atomic mass is 32.2. The van der Waals surface area contributed by atoms with Gasteiger partial charge >= 0.3 is 0 Å². The minimum absolute atomic E-state index is 0.110. The molecule has 0 spiro atoms. The van der Waals surface area contributed by atoms with E-state index in [0.29, 0.717) is 17.4 Å². The molecule has 1 aliphatic heterocycles. The third-order valence-electron chi connectivity index (χ3n) is 6.52. The average molecular weight is 424 g/mol. The van der Waals surface area contributed by atoms with E-state index in [1.165, 1.54) is 24.8 Å². The van der Waals surface area contributed by atoms with Crippen LogP contribution in [-0.2, 0) is 10.0 Å². The van der Waals surface area contributed by atoms with Gasteiger partial charge in [0.2, 0.25) is 10.0 Å². The molecule has 0 unspecified atom stereocenters. The molecule has 2 fully saturated rings. The predicted molar refractivity (Wildman–Crippen MR) is 111 cm³/mol. The van der Waals surface area contributed by atoms with Crippen LogP contribution in [0.15, 0.2) is 22.7 Å². The molecule has 0 bridgehead atoms. The highest BCUT2D eigenvalue weighted by Gasteiger charge is 2.27. The summed E-state index contributed by atoms with van der Waals surface area (Å²) in [7, 11) is -3.10. The smallest absolute Gasteiger partial charge is 0.208 e. The first-order valence-electron chi connectivity index (χ1n) is 10.6. The van der Waals surface area contributed by atoms with E-state index in [1.54, 1.807) is 6.07 Å². The molecule has 6 nitrogen and oxygen atoms in total. The highest BCUT2D eigenvalue weighted by Crippen LogP contribution is 2.33. The molecule has 0 amide bonds. The van der Waals surface area contributed by atoms with Crippen molar-refractivity contribution in [1.29, 1.82) is 0 Å². The summed E-state index contributed by atoms with van der Waals surface area (Å²) in [4.78, 5) is 2.51. The number of sulfonamides is 1. The Morgan fingerprint density at radius 2 is 1.90 bits per heavy atom.